The molecule has 0 saturated heterocycles. The van der Waals surface area contributed by atoms with E-state index in [2.05, 4.69) is 11.6 Å². The van der Waals surface area contributed by atoms with Crippen LogP contribution in [0.3, 0.4) is 0 Å². The first-order valence-electron chi connectivity index (χ1n) is 6.28. The molecule has 1 aromatic rings. The second kappa shape index (κ2) is 8.03. The Bertz CT molecular complexity index is 393. The van der Waals surface area contributed by atoms with Gasteiger partial charge in [-0.3, -0.25) is 4.79 Å². The molecule has 0 saturated carbocycles. The van der Waals surface area contributed by atoms with E-state index in [9.17, 15) is 4.79 Å². The Morgan fingerprint density at radius 3 is 2.72 bits per heavy atom. The van der Waals surface area contributed by atoms with Crippen LogP contribution in [0.1, 0.15) is 36.5 Å². The summed E-state index contributed by atoms with van der Waals surface area (Å²) in [6.45, 7) is 2.48. The summed E-state index contributed by atoms with van der Waals surface area (Å²) in [5.41, 5.74) is 7.97. The van der Waals surface area contributed by atoms with Crippen molar-refractivity contribution < 1.29 is 4.79 Å². The van der Waals surface area contributed by atoms with Gasteiger partial charge in [0, 0.05) is 23.5 Å². The fourth-order valence-corrected chi connectivity index (χ4v) is 2.27. The Balaban J connectivity index is 2.35. The number of hydrogen-bond acceptors (Lipinski definition) is 4. The van der Waals surface area contributed by atoms with Gasteiger partial charge < -0.3 is 11.1 Å². The third-order valence-corrected chi connectivity index (χ3v) is 3.48. The quantitative estimate of drug-likeness (QED) is 0.430. The zero-order valence-corrected chi connectivity index (χ0v) is 12.0. The number of rotatable bonds is 8. The molecule has 0 aliphatic heterocycles. The molecule has 0 bridgehead atoms. The third-order valence-electron chi connectivity index (χ3n) is 2.79. The molecule has 3 N–H and O–H groups in total. The number of anilines is 2. The van der Waals surface area contributed by atoms with Gasteiger partial charge in [0.15, 0.2) is 5.78 Å². The number of carbonyl (C=O) groups excluding carboxylic acids is 1. The molecule has 3 nitrogen and oxygen atoms in total. The average Bonchev–Trinajstić information content (AvgIpc) is 2.33. The summed E-state index contributed by atoms with van der Waals surface area (Å²) in [6, 6.07) is 5.53. The molecule has 4 heteroatoms. The maximum atomic E-state index is 11.2. The van der Waals surface area contributed by atoms with Gasteiger partial charge in [0.1, 0.15) is 0 Å². The van der Waals surface area contributed by atoms with Gasteiger partial charge in [-0.2, -0.15) is 11.8 Å². The SMILES string of the molecule is CSCCCCCNc1ccc(C(C)=O)c(N)c1. The highest BCUT2D eigenvalue weighted by Crippen LogP contribution is 2.18. The standard InChI is InChI=1S/C14H22N2OS/c1-11(17)13-7-6-12(10-14(13)15)16-8-4-3-5-9-18-2/h6-7,10,16H,3-5,8-9,15H2,1-2H3. The van der Waals surface area contributed by atoms with E-state index in [0.717, 1.165) is 18.7 Å². The Morgan fingerprint density at radius 1 is 1.33 bits per heavy atom. The number of nitrogens with one attached hydrogen (secondary N) is 1. The average molecular weight is 266 g/mol. The normalized spacial score (nSPS) is 10.3. The van der Waals surface area contributed by atoms with Crippen LogP contribution < -0.4 is 11.1 Å². The Kier molecular flexibility index (Phi) is 6.65. The van der Waals surface area contributed by atoms with Gasteiger partial charge in [-0.1, -0.05) is 6.42 Å². The number of carbonyl (C=O) groups is 1. The summed E-state index contributed by atoms with van der Waals surface area (Å²) in [7, 11) is 0. The monoisotopic (exact) mass is 266 g/mol. The maximum absolute atomic E-state index is 11.2. The molecule has 0 heterocycles. The van der Waals surface area contributed by atoms with Gasteiger partial charge in [0.2, 0.25) is 0 Å². The molecular formula is C14H22N2OS. The van der Waals surface area contributed by atoms with Crippen LogP contribution in [0, 0.1) is 0 Å². The largest absolute Gasteiger partial charge is 0.398 e. The Hall–Kier alpha value is -1.16. The van der Waals surface area contributed by atoms with Crippen LogP contribution in [0.2, 0.25) is 0 Å². The van der Waals surface area contributed by atoms with Gasteiger partial charge in [0.25, 0.3) is 0 Å². The van der Waals surface area contributed by atoms with E-state index in [1.54, 1.807) is 6.07 Å². The molecule has 0 aliphatic rings. The number of ketones is 1. The molecule has 1 aromatic carbocycles. The first-order chi connectivity index (χ1) is 8.65. The summed E-state index contributed by atoms with van der Waals surface area (Å²) in [6.07, 6.45) is 5.82. The molecule has 100 valence electrons. The molecule has 0 fully saturated rings. The topological polar surface area (TPSA) is 55.1 Å². The summed E-state index contributed by atoms with van der Waals surface area (Å²) >= 11 is 1.89. The molecule has 0 atom stereocenters. The van der Waals surface area contributed by atoms with Gasteiger partial charge in [-0.25, -0.2) is 0 Å². The molecule has 0 radical (unpaired) electrons. The fraction of sp³-hybridized carbons (Fsp3) is 0.500. The second-order valence-corrected chi connectivity index (χ2v) is 5.32. The molecule has 18 heavy (non-hydrogen) atoms. The predicted octanol–water partition coefficient (Wildman–Crippen LogP) is 3.42. The minimum Gasteiger partial charge on any atom is -0.398 e. The molecule has 0 aromatic heterocycles. The highest BCUT2D eigenvalue weighted by molar-refractivity contribution is 7.98. The summed E-state index contributed by atoms with van der Waals surface area (Å²) < 4.78 is 0. The minimum atomic E-state index is 0.0103. The number of nitrogen functional groups attached to an aromatic ring is 1. The van der Waals surface area contributed by atoms with Crippen LogP contribution in [0.25, 0.3) is 0 Å². The van der Waals surface area contributed by atoms with E-state index in [-0.39, 0.29) is 5.78 Å². The van der Waals surface area contributed by atoms with Crippen molar-refractivity contribution in [1.29, 1.82) is 0 Å². The lowest BCUT2D eigenvalue weighted by atomic mass is 10.1. The van der Waals surface area contributed by atoms with Crippen LogP contribution >= 0.6 is 11.8 Å². The second-order valence-electron chi connectivity index (χ2n) is 4.34. The molecule has 0 aliphatic carbocycles. The zero-order valence-electron chi connectivity index (χ0n) is 11.2. The first-order valence-corrected chi connectivity index (χ1v) is 7.68. The van der Waals surface area contributed by atoms with E-state index in [1.807, 2.05) is 23.9 Å². The fourth-order valence-electron chi connectivity index (χ4n) is 1.77. The number of unbranched alkanes of at least 4 members (excludes halogenated alkanes) is 2. The molecule has 0 unspecified atom stereocenters. The molecule has 0 spiro atoms. The van der Waals surface area contributed by atoms with Crippen molar-refractivity contribution in [2.45, 2.75) is 26.2 Å². The van der Waals surface area contributed by atoms with Crippen LogP contribution in [0.15, 0.2) is 18.2 Å². The van der Waals surface area contributed by atoms with E-state index in [0.29, 0.717) is 11.3 Å². The van der Waals surface area contributed by atoms with Crippen molar-refractivity contribution in [1.82, 2.24) is 0 Å². The molecule has 0 amide bonds. The van der Waals surface area contributed by atoms with Crippen molar-refractivity contribution >= 4 is 28.9 Å². The van der Waals surface area contributed by atoms with Gasteiger partial charge in [-0.15, -0.1) is 0 Å². The van der Waals surface area contributed by atoms with Crippen molar-refractivity contribution in [2.75, 3.05) is 29.6 Å². The lowest BCUT2D eigenvalue weighted by molar-refractivity contribution is 0.101. The molecule has 1 rings (SSSR count). The maximum Gasteiger partial charge on any atom is 0.161 e. The van der Waals surface area contributed by atoms with E-state index in [4.69, 9.17) is 5.73 Å². The van der Waals surface area contributed by atoms with E-state index < -0.39 is 0 Å². The van der Waals surface area contributed by atoms with Crippen molar-refractivity contribution in [2.24, 2.45) is 0 Å². The number of hydrogen-bond donors (Lipinski definition) is 2. The molecular weight excluding hydrogens is 244 g/mol. The van der Waals surface area contributed by atoms with E-state index >= 15 is 0 Å². The van der Waals surface area contributed by atoms with E-state index in [1.165, 1.54) is 25.5 Å². The van der Waals surface area contributed by atoms with Crippen LogP contribution in [0.5, 0.6) is 0 Å². The minimum absolute atomic E-state index is 0.0103. The highest BCUT2D eigenvalue weighted by atomic mass is 32.2. The van der Waals surface area contributed by atoms with Crippen LogP contribution in [0.4, 0.5) is 11.4 Å². The summed E-state index contributed by atoms with van der Waals surface area (Å²) in [5.74, 6) is 1.25. The summed E-state index contributed by atoms with van der Waals surface area (Å²) in [4.78, 5) is 11.2. The number of thioether (sulfide) groups is 1. The lowest BCUT2D eigenvalue weighted by Crippen LogP contribution is -2.04. The summed E-state index contributed by atoms with van der Waals surface area (Å²) in [5, 5.41) is 3.33. The van der Waals surface area contributed by atoms with Crippen molar-refractivity contribution in [3.05, 3.63) is 23.8 Å². The predicted molar refractivity (Wildman–Crippen MR) is 81.6 cm³/mol. The van der Waals surface area contributed by atoms with Gasteiger partial charge >= 0.3 is 0 Å². The van der Waals surface area contributed by atoms with Gasteiger partial charge in [-0.05, 0) is 50.0 Å². The van der Waals surface area contributed by atoms with Gasteiger partial charge in [0.05, 0.1) is 0 Å². The van der Waals surface area contributed by atoms with Crippen molar-refractivity contribution in [3.8, 4) is 0 Å². The smallest absolute Gasteiger partial charge is 0.161 e. The lowest BCUT2D eigenvalue weighted by Gasteiger charge is -2.09. The number of nitrogens with two attached hydrogens (primary N) is 1. The number of benzene rings is 1. The Labute approximate surface area is 114 Å². The number of Topliss-reactive ketones (excluding diaryl/α,β-unsaturated/α-hetero) is 1. The highest BCUT2D eigenvalue weighted by Gasteiger charge is 2.04. The van der Waals surface area contributed by atoms with Crippen LogP contribution in [-0.4, -0.2) is 24.3 Å². The first kappa shape index (κ1) is 14.9. The Morgan fingerprint density at radius 2 is 2.11 bits per heavy atom. The van der Waals surface area contributed by atoms with Crippen molar-refractivity contribution in [3.63, 3.8) is 0 Å². The zero-order chi connectivity index (χ0) is 13.4. The third kappa shape index (κ3) is 5.00. The van der Waals surface area contributed by atoms with Crippen LogP contribution in [-0.2, 0) is 0 Å².